The SMILES string of the molecule is O=C(O)COc1cccc(C(=O)NCc2cccc3ccccc23)c1. The molecule has 0 heterocycles. The van der Waals surface area contributed by atoms with Crippen molar-refractivity contribution in [2.45, 2.75) is 6.54 Å². The summed E-state index contributed by atoms with van der Waals surface area (Å²) < 4.78 is 5.10. The Morgan fingerprint density at radius 2 is 1.72 bits per heavy atom. The van der Waals surface area contributed by atoms with E-state index in [2.05, 4.69) is 5.32 Å². The highest BCUT2D eigenvalue weighted by molar-refractivity contribution is 5.95. The average Bonchev–Trinajstić information content (AvgIpc) is 2.64. The average molecular weight is 335 g/mol. The van der Waals surface area contributed by atoms with Gasteiger partial charge in [0, 0.05) is 12.1 Å². The van der Waals surface area contributed by atoms with Crippen LogP contribution in [0.3, 0.4) is 0 Å². The summed E-state index contributed by atoms with van der Waals surface area (Å²) in [5, 5.41) is 13.8. The zero-order chi connectivity index (χ0) is 17.6. The summed E-state index contributed by atoms with van der Waals surface area (Å²) in [5.41, 5.74) is 1.45. The van der Waals surface area contributed by atoms with Crippen LogP contribution in [0.25, 0.3) is 10.8 Å². The Hall–Kier alpha value is -3.34. The Bertz CT molecular complexity index is 915. The molecule has 1 amide bonds. The number of hydrogen-bond donors (Lipinski definition) is 2. The maximum Gasteiger partial charge on any atom is 0.341 e. The third-order valence-corrected chi connectivity index (χ3v) is 3.78. The summed E-state index contributed by atoms with van der Waals surface area (Å²) in [5.74, 6) is -0.959. The molecule has 0 fully saturated rings. The van der Waals surface area contributed by atoms with Gasteiger partial charge in [0.25, 0.3) is 5.91 Å². The van der Waals surface area contributed by atoms with Crippen molar-refractivity contribution in [1.82, 2.24) is 5.32 Å². The number of amides is 1. The third-order valence-electron chi connectivity index (χ3n) is 3.78. The molecule has 0 spiro atoms. The first-order valence-corrected chi connectivity index (χ1v) is 7.83. The van der Waals surface area contributed by atoms with E-state index in [4.69, 9.17) is 9.84 Å². The third kappa shape index (κ3) is 4.14. The minimum absolute atomic E-state index is 0.242. The van der Waals surface area contributed by atoms with Gasteiger partial charge in [0.1, 0.15) is 5.75 Å². The number of carbonyl (C=O) groups excluding carboxylic acids is 1. The maximum absolute atomic E-state index is 12.4. The number of aliphatic carboxylic acids is 1. The van der Waals surface area contributed by atoms with Crippen molar-refractivity contribution in [1.29, 1.82) is 0 Å². The van der Waals surface area contributed by atoms with Crippen molar-refractivity contribution in [3.05, 3.63) is 77.9 Å². The van der Waals surface area contributed by atoms with E-state index in [0.29, 0.717) is 17.9 Å². The molecule has 126 valence electrons. The van der Waals surface area contributed by atoms with E-state index in [1.165, 1.54) is 6.07 Å². The molecule has 0 bridgehead atoms. The van der Waals surface area contributed by atoms with Gasteiger partial charge >= 0.3 is 5.97 Å². The quantitative estimate of drug-likeness (QED) is 0.725. The normalized spacial score (nSPS) is 10.4. The smallest absolute Gasteiger partial charge is 0.341 e. The van der Waals surface area contributed by atoms with Crippen LogP contribution in [0.5, 0.6) is 5.75 Å². The van der Waals surface area contributed by atoms with E-state index in [1.807, 2.05) is 42.5 Å². The van der Waals surface area contributed by atoms with Crippen molar-refractivity contribution < 1.29 is 19.4 Å². The van der Waals surface area contributed by atoms with Gasteiger partial charge in [0.15, 0.2) is 6.61 Å². The molecule has 0 aliphatic carbocycles. The number of ether oxygens (including phenoxy) is 1. The predicted octanol–water partition coefficient (Wildman–Crippen LogP) is 3.23. The lowest BCUT2D eigenvalue weighted by molar-refractivity contribution is -0.139. The Labute approximate surface area is 144 Å². The number of fused-ring (bicyclic) bond motifs is 1. The second-order valence-electron chi connectivity index (χ2n) is 5.53. The molecular formula is C20H17NO4. The van der Waals surface area contributed by atoms with Gasteiger partial charge in [-0.3, -0.25) is 4.79 Å². The number of nitrogens with one attached hydrogen (secondary N) is 1. The van der Waals surface area contributed by atoms with E-state index >= 15 is 0 Å². The van der Waals surface area contributed by atoms with Crippen molar-refractivity contribution in [2.24, 2.45) is 0 Å². The molecule has 0 aliphatic heterocycles. The lowest BCUT2D eigenvalue weighted by Gasteiger charge is -2.09. The molecule has 25 heavy (non-hydrogen) atoms. The zero-order valence-corrected chi connectivity index (χ0v) is 13.4. The molecule has 2 N–H and O–H groups in total. The van der Waals surface area contributed by atoms with Gasteiger partial charge in [-0.25, -0.2) is 4.79 Å². The first-order chi connectivity index (χ1) is 12.1. The van der Waals surface area contributed by atoms with E-state index in [-0.39, 0.29) is 5.91 Å². The number of benzene rings is 3. The fourth-order valence-corrected chi connectivity index (χ4v) is 2.60. The highest BCUT2D eigenvalue weighted by Crippen LogP contribution is 2.18. The van der Waals surface area contributed by atoms with Crippen LogP contribution in [0, 0.1) is 0 Å². The van der Waals surface area contributed by atoms with Crippen molar-refractivity contribution in [3.8, 4) is 5.75 Å². The molecule has 3 aromatic rings. The minimum Gasteiger partial charge on any atom is -0.482 e. The van der Waals surface area contributed by atoms with Crippen LogP contribution in [-0.4, -0.2) is 23.6 Å². The maximum atomic E-state index is 12.4. The fraction of sp³-hybridized carbons (Fsp3) is 0.100. The molecule has 5 nitrogen and oxygen atoms in total. The van der Waals surface area contributed by atoms with Gasteiger partial charge in [0.2, 0.25) is 0 Å². The molecule has 3 aromatic carbocycles. The fourth-order valence-electron chi connectivity index (χ4n) is 2.60. The Morgan fingerprint density at radius 1 is 0.960 bits per heavy atom. The van der Waals surface area contributed by atoms with Crippen molar-refractivity contribution in [2.75, 3.05) is 6.61 Å². The topological polar surface area (TPSA) is 75.6 Å². The second-order valence-corrected chi connectivity index (χ2v) is 5.53. The zero-order valence-electron chi connectivity index (χ0n) is 13.4. The Morgan fingerprint density at radius 3 is 2.56 bits per heavy atom. The van der Waals surface area contributed by atoms with E-state index in [9.17, 15) is 9.59 Å². The van der Waals surface area contributed by atoms with Crippen LogP contribution in [0.2, 0.25) is 0 Å². The molecule has 0 saturated heterocycles. The van der Waals surface area contributed by atoms with Gasteiger partial charge in [-0.1, -0.05) is 48.5 Å². The largest absolute Gasteiger partial charge is 0.482 e. The van der Waals surface area contributed by atoms with Crippen LogP contribution < -0.4 is 10.1 Å². The first kappa shape index (κ1) is 16.5. The molecule has 0 unspecified atom stereocenters. The van der Waals surface area contributed by atoms with Gasteiger partial charge < -0.3 is 15.2 Å². The summed E-state index contributed by atoms with van der Waals surface area (Å²) in [4.78, 5) is 22.9. The highest BCUT2D eigenvalue weighted by Gasteiger charge is 2.08. The summed E-state index contributed by atoms with van der Waals surface area (Å²) in [6.07, 6.45) is 0. The number of carboxylic acid groups (broad SMARTS) is 1. The molecule has 0 atom stereocenters. The van der Waals surface area contributed by atoms with Gasteiger partial charge in [-0.2, -0.15) is 0 Å². The summed E-state index contributed by atoms with van der Waals surface area (Å²) in [6.45, 7) is -0.0402. The lowest BCUT2D eigenvalue weighted by Crippen LogP contribution is -2.23. The number of rotatable bonds is 6. The molecule has 0 aliphatic rings. The lowest BCUT2D eigenvalue weighted by atomic mass is 10.0. The number of carbonyl (C=O) groups is 2. The predicted molar refractivity (Wildman–Crippen MR) is 94.7 cm³/mol. The van der Waals surface area contributed by atoms with Crippen LogP contribution in [-0.2, 0) is 11.3 Å². The van der Waals surface area contributed by atoms with E-state index in [0.717, 1.165) is 16.3 Å². The van der Waals surface area contributed by atoms with Gasteiger partial charge in [-0.05, 0) is 34.5 Å². The van der Waals surface area contributed by atoms with Crippen LogP contribution >= 0.6 is 0 Å². The van der Waals surface area contributed by atoms with Gasteiger partial charge in [-0.15, -0.1) is 0 Å². The Balaban J connectivity index is 1.70. The van der Waals surface area contributed by atoms with Crippen molar-refractivity contribution >= 4 is 22.6 Å². The summed E-state index contributed by atoms with van der Waals surface area (Å²) in [7, 11) is 0. The minimum atomic E-state index is -1.06. The summed E-state index contributed by atoms with van der Waals surface area (Å²) in [6, 6.07) is 20.4. The number of carboxylic acids is 1. The second kappa shape index (κ2) is 7.49. The number of hydrogen-bond acceptors (Lipinski definition) is 3. The molecule has 0 saturated carbocycles. The van der Waals surface area contributed by atoms with Crippen LogP contribution in [0.15, 0.2) is 66.7 Å². The van der Waals surface area contributed by atoms with E-state index in [1.54, 1.807) is 18.2 Å². The highest BCUT2D eigenvalue weighted by atomic mass is 16.5. The standard InChI is InChI=1S/C20H17NO4/c22-19(23)13-25-17-9-4-7-15(11-17)20(24)21-12-16-8-3-6-14-5-1-2-10-18(14)16/h1-11H,12-13H2,(H,21,24)(H,22,23). The molecule has 0 radical (unpaired) electrons. The summed E-state index contributed by atoms with van der Waals surface area (Å²) >= 11 is 0. The van der Waals surface area contributed by atoms with Crippen molar-refractivity contribution in [3.63, 3.8) is 0 Å². The van der Waals surface area contributed by atoms with Gasteiger partial charge in [0.05, 0.1) is 0 Å². The Kier molecular flexibility index (Phi) is 4.95. The van der Waals surface area contributed by atoms with Crippen LogP contribution in [0.4, 0.5) is 0 Å². The van der Waals surface area contributed by atoms with E-state index < -0.39 is 12.6 Å². The molecule has 3 rings (SSSR count). The molecular weight excluding hydrogens is 318 g/mol. The monoisotopic (exact) mass is 335 g/mol. The van der Waals surface area contributed by atoms with Crippen LogP contribution in [0.1, 0.15) is 15.9 Å². The first-order valence-electron chi connectivity index (χ1n) is 7.83. The molecule has 5 heteroatoms. The molecule has 0 aromatic heterocycles.